The number of nitrogens with zero attached hydrogens (tertiary/aromatic N) is 2. The van der Waals surface area contributed by atoms with Gasteiger partial charge in [-0.2, -0.15) is 4.98 Å². The molecule has 0 aliphatic rings. The molecule has 1 aromatic carbocycles. The fraction of sp³-hybridized carbons (Fsp3) is 0.438. The number of carbonyl (C=O) groups is 1. The van der Waals surface area contributed by atoms with Gasteiger partial charge in [0.25, 0.3) is 0 Å². The number of hydrogen-bond acceptors (Lipinski definition) is 5. The molecule has 2 aromatic rings. The fourth-order valence-corrected chi connectivity index (χ4v) is 2.06. The Morgan fingerprint density at radius 3 is 2.71 bits per heavy atom. The SMILES string of the molecule is CNC(C)CNC(=O)CCCc1nc(-c2ccc(Cl)cc2)no1.Cl. The summed E-state index contributed by atoms with van der Waals surface area (Å²) in [6.45, 7) is 2.63. The third-order valence-electron chi connectivity index (χ3n) is 3.46. The van der Waals surface area contributed by atoms with E-state index in [0.717, 1.165) is 5.56 Å². The van der Waals surface area contributed by atoms with E-state index in [-0.39, 0.29) is 24.4 Å². The molecule has 24 heavy (non-hydrogen) atoms. The van der Waals surface area contributed by atoms with Gasteiger partial charge in [-0.3, -0.25) is 4.79 Å². The zero-order valence-corrected chi connectivity index (χ0v) is 15.3. The summed E-state index contributed by atoms with van der Waals surface area (Å²) in [7, 11) is 1.87. The summed E-state index contributed by atoms with van der Waals surface area (Å²) in [4.78, 5) is 16.0. The summed E-state index contributed by atoms with van der Waals surface area (Å²) < 4.78 is 5.21. The molecule has 2 rings (SSSR count). The number of hydrogen-bond donors (Lipinski definition) is 2. The Morgan fingerprint density at radius 2 is 2.04 bits per heavy atom. The van der Waals surface area contributed by atoms with Gasteiger partial charge in [-0.15, -0.1) is 12.4 Å². The molecule has 1 unspecified atom stereocenters. The number of rotatable bonds is 8. The van der Waals surface area contributed by atoms with Gasteiger partial charge < -0.3 is 15.2 Å². The second-order valence-corrected chi connectivity index (χ2v) is 5.80. The number of likely N-dealkylation sites (N-methyl/N-ethyl adjacent to an activating group) is 1. The van der Waals surface area contributed by atoms with Crippen LogP contribution in [0.2, 0.25) is 5.02 Å². The molecule has 1 atom stereocenters. The number of aromatic nitrogens is 2. The lowest BCUT2D eigenvalue weighted by molar-refractivity contribution is -0.121. The van der Waals surface area contributed by atoms with Crippen molar-refractivity contribution in [3.05, 3.63) is 35.2 Å². The van der Waals surface area contributed by atoms with Gasteiger partial charge in [-0.25, -0.2) is 0 Å². The summed E-state index contributed by atoms with van der Waals surface area (Å²) in [6, 6.07) is 7.50. The van der Waals surface area contributed by atoms with Crippen molar-refractivity contribution in [3.8, 4) is 11.4 Å². The summed E-state index contributed by atoms with van der Waals surface area (Å²) in [6.07, 6.45) is 1.69. The third-order valence-corrected chi connectivity index (χ3v) is 3.72. The molecule has 0 aliphatic heterocycles. The van der Waals surface area contributed by atoms with Crippen molar-refractivity contribution in [2.75, 3.05) is 13.6 Å². The number of halogens is 2. The summed E-state index contributed by atoms with van der Waals surface area (Å²) in [5.74, 6) is 1.10. The minimum atomic E-state index is 0. The Hall–Kier alpha value is -1.63. The minimum absolute atomic E-state index is 0. The first-order chi connectivity index (χ1) is 11.1. The monoisotopic (exact) mass is 372 g/mol. The lowest BCUT2D eigenvalue weighted by Gasteiger charge is -2.10. The van der Waals surface area contributed by atoms with E-state index in [9.17, 15) is 4.79 Å². The Morgan fingerprint density at radius 1 is 1.33 bits per heavy atom. The van der Waals surface area contributed by atoms with Crippen LogP contribution in [0.15, 0.2) is 28.8 Å². The largest absolute Gasteiger partial charge is 0.355 e. The zero-order valence-electron chi connectivity index (χ0n) is 13.7. The van der Waals surface area contributed by atoms with E-state index in [1.807, 2.05) is 26.1 Å². The molecule has 0 saturated carbocycles. The van der Waals surface area contributed by atoms with Gasteiger partial charge in [-0.1, -0.05) is 16.8 Å². The molecule has 0 spiro atoms. The minimum Gasteiger partial charge on any atom is -0.355 e. The first kappa shape index (κ1) is 20.4. The summed E-state index contributed by atoms with van der Waals surface area (Å²) in [5, 5.41) is 10.6. The lowest BCUT2D eigenvalue weighted by atomic mass is 10.2. The maximum Gasteiger partial charge on any atom is 0.226 e. The maximum absolute atomic E-state index is 11.7. The topological polar surface area (TPSA) is 80.0 Å². The highest BCUT2D eigenvalue weighted by Crippen LogP contribution is 2.19. The quantitative estimate of drug-likeness (QED) is 0.744. The molecule has 132 valence electrons. The predicted octanol–water partition coefficient (Wildman–Crippen LogP) is 2.86. The molecule has 0 fully saturated rings. The van der Waals surface area contributed by atoms with Crippen LogP contribution in [-0.2, 0) is 11.2 Å². The average molecular weight is 373 g/mol. The van der Waals surface area contributed by atoms with E-state index in [1.54, 1.807) is 12.1 Å². The summed E-state index contributed by atoms with van der Waals surface area (Å²) in [5.41, 5.74) is 0.850. The highest BCUT2D eigenvalue weighted by atomic mass is 35.5. The van der Waals surface area contributed by atoms with Crippen molar-refractivity contribution in [2.24, 2.45) is 0 Å². The molecule has 0 bridgehead atoms. The van der Waals surface area contributed by atoms with Gasteiger partial charge in [-0.05, 0) is 44.7 Å². The number of carbonyl (C=O) groups excluding carboxylic acids is 1. The van der Waals surface area contributed by atoms with Crippen LogP contribution in [0, 0.1) is 0 Å². The summed E-state index contributed by atoms with van der Waals surface area (Å²) >= 11 is 5.85. The number of aryl methyl sites for hydroxylation is 1. The average Bonchev–Trinajstić information content (AvgIpc) is 3.02. The van der Waals surface area contributed by atoms with Crippen LogP contribution in [0.25, 0.3) is 11.4 Å². The van der Waals surface area contributed by atoms with E-state index < -0.39 is 0 Å². The van der Waals surface area contributed by atoms with Crippen LogP contribution in [0.3, 0.4) is 0 Å². The molecule has 6 nitrogen and oxygen atoms in total. The molecular formula is C16H22Cl2N4O2. The fourth-order valence-electron chi connectivity index (χ4n) is 1.93. The molecule has 0 radical (unpaired) electrons. The van der Waals surface area contributed by atoms with E-state index in [1.165, 1.54) is 0 Å². The van der Waals surface area contributed by atoms with Gasteiger partial charge in [0.2, 0.25) is 17.6 Å². The van der Waals surface area contributed by atoms with Gasteiger partial charge in [0.15, 0.2) is 0 Å². The van der Waals surface area contributed by atoms with Crippen molar-refractivity contribution in [1.29, 1.82) is 0 Å². The van der Waals surface area contributed by atoms with Crippen LogP contribution in [0.1, 0.15) is 25.7 Å². The molecule has 0 saturated heterocycles. The molecule has 1 amide bonds. The van der Waals surface area contributed by atoms with Crippen molar-refractivity contribution in [3.63, 3.8) is 0 Å². The Kier molecular flexibility index (Phi) is 8.74. The van der Waals surface area contributed by atoms with Crippen molar-refractivity contribution >= 4 is 29.9 Å². The second kappa shape index (κ2) is 10.3. The molecular weight excluding hydrogens is 351 g/mol. The molecule has 1 aromatic heterocycles. The van der Waals surface area contributed by atoms with Gasteiger partial charge in [0.1, 0.15) is 0 Å². The van der Waals surface area contributed by atoms with Gasteiger partial charge in [0.05, 0.1) is 0 Å². The highest BCUT2D eigenvalue weighted by molar-refractivity contribution is 6.30. The molecule has 1 heterocycles. The van der Waals surface area contributed by atoms with Gasteiger partial charge in [0, 0.05) is 36.0 Å². The van der Waals surface area contributed by atoms with Crippen molar-refractivity contribution < 1.29 is 9.32 Å². The van der Waals surface area contributed by atoms with Crippen molar-refractivity contribution in [2.45, 2.75) is 32.2 Å². The Labute approximate surface area is 152 Å². The zero-order chi connectivity index (χ0) is 16.7. The number of amides is 1. The molecule has 8 heteroatoms. The first-order valence-corrected chi connectivity index (χ1v) is 7.98. The van der Waals surface area contributed by atoms with Gasteiger partial charge >= 0.3 is 0 Å². The van der Waals surface area contributed by atoms with E-state index in [2.05, 4.69) is 20.8 Å². The number of benzene rings is 1. The predicted molar refractivity (Wildman–Crippen MR) is 96.5 cm³/mol. The highest BCUT2D eigenvalue weighted by Gasteiger charge is 2.10. The van der Waals surface area contributed by atoms with Crippen LogP contribution in [0.5, 0.6) is 0 Å². The van der Waals surface area contributed by atoms with E-state index in [4.69, 9.17) is 16.1 Å². The lowest BCUT2D eigenvalue weighted by Crippen LogP contribution is -2.37. The normalized spacial score (nSPS) is 11.6. The smallest absolute Gasteiger partial charge is 0.226 e. The number of nitrogens with one attached hydrogen (secondary N) is 2. The maximum atomic E-state index is 11.7. The van der Waals surface area contributed by atoms with E-state index in [0.29, 0.717) is 42.5 Å². The van der Waals surface area contributed by atoms with Crippen LogP contribution in [-0.4, -0.2) is 35.7 Å². The Bertz CT molecular complexity index is 631. The first-order valence-electron chi connectivity index (χ1n) is 7.61. The third kappa shape index (κ3) is 6.47. The Balaban J connectivity index is 0.00000288. The van der Waals surface area contributed by atoms with Crippen LogP contribution in [0.4, 0.5) is 0 Å². The molecule has 0 aliphatic carbocycles. The molecule has 2 N–H and O–H groups in total. The van der Waals surface area contributed by atoms with Crippen molar-refractivity contribution in [1.82, 2.24) is 20.8 Å². The second-order valence-electron chi connectivity index (χ2n) is 5.37. The van der Waals surface area contributed by atoms with E-state index >= 15 is 0 Å². The van der Waals surface area contributed by atoms with Crippen LogP contribution >= 0.6 is 24.0 Å². The standard InChI is InChI=1S/C16H21ClN4O2.ClH/c1-11(18-2)10-19-14(22)4-3-5-15-20-16(21-23-15)12-6-8-13(17)9-7-12;/h6-9,11,18H,3-5,10H2,1-2H3,(H,19,22);1H. The van der Waals surface area contributed by atoms with Crippen LogP contribution < -0.4 is 10.6 Å².